The Morgan fingerprint density at radius 1 is 0.370 bits per heavy atom. The van der Waals surface area contributed by atoms with Crippen LogP contribution in [0.25, 0.3) is 120 Å². The minimum absolute atomic E-state index is 0.825. The molecule has 0 bridgehead atoms. The summed E-state index contributed by atoms with van der Waals surface area (Å²) in [5.74, 6) is 0.825. The summed E-state index contributed by atoms with van der Waals surface area (Å²) in [4.78, 5) is 11.2. The van der Waals surface area contributed by atoms with E-state index in [4.69, 9.17) is 9.97 Å². The Bertz CT molecular complexity index is 3720. The van der Waals surface area contributed by atoms with Crippen molar-refractivity contribution in [2.45, 2.75) is 0 Å². The molecule has 4 heterocycles. The summed E-state index contributed by atoms with van der Waals surface area (Å²) < 4.78 is 4.97. The zero-order valence-corrected chi connectivity index (χ0v) is 29.0. The first-order chi connectivity index (χ1) is 26.8. The molecule has 13 rings (SSSR count). The smallest absolute Gasteiger partial charge is 0.165 e. The molecule has 4 nitrogen and oxygen atoms in total. The lowest BCUT2D eigenvalue weighted by molar-refractivity contribution is 1.09. The van der Waals surface area contributed by atoms with Gasteiger partial charge in [0.2, 0.25) is 0 Å². The molecule has 0 unspecified atom stereocenters. The lowest BCUT2D eigenvalue weighted by atomic mass is 9.97. The normalized spacial score (nSPS) is 12.4. The summed E-state index contributed by atoms with van der Waals surface area (Å²) in [5, 5.41) is 14.6. The Hall–Kier alpha value is -7.30. The zero-order valence-electron chi connectivity index (χ0n) is 29.0. The standard InChI is InChI=1S/C50H28N4/c1-2-14-30(15-3-1)46-50(52-47-34-19-8-4-13-29(34)25-26-39(47)51-46)54-41-24-12-22-37-43-33-18-7-5-16-31(33)27-38-36-21-10-11-23-40(36)53(49(38)43)42-28-32-17-6-9-20-35(32)48(54)45(42)44(37)41/h1-28H. The van der Waals surface area contributed by atoms with Crippen molar-refractivity contribution < 1.29 is 0 Å². The monoisotopic (exact) mass is 684 g/mol. The maximum atomic E-state index is 5.70. The third kappa shape index (κ3) is 3.52. The molecule has 248 valence electrons. The van der Waals surface area contributed by atoms with E-state index in [9.17, 15) is 0 Å². The summed E-state index contributed by atoms with van der Waals surface area (Å²) >= 11 is 0. The second-order valence-corrected chi connectivity index (χ2v) is 14.5. The van der Waals surface area contributed by atoms with Gasteiger partial charge in [-0.05, 0) is 57.3 Å². The number of hydrogen-bond acceptors (Lipinski definition) is 2. The highest BCUT2D eigenvalue weighted by Gasteiger charge is 2.27. The minimum atomic E-state index is 0.825. The molecule has 0 radical (unpaired) electrons. The highest BCUT2D eigenvalue weighted by atomic mass is 15.1. The molecule has 0 aliphatic heterocycles. The van der Waals surface area contributed by atoms with Crippen LogP contribution >= 0.6 is 0 Å². The van der Waals surface area contributed by atoms with Crippen LogP contribution in [0.2, 0.25) is 0 Å². The SMILES string of the molecule is c1ccc(-c2nc3ccc4ccccc4c3nc2-n2c3cccc4c3c3c2c2ccccc2cc3n2c3ccccc3c3cc5ccccc5c4c32)cc1. The van der Waals surface area contributed by atoms with Crippen LogP contribution in [0, 0.1) is 0 Å². The predicted octanol–water partition coefficient (Wildman–Crippen LogP) is 13.0. The largest absolute Gasteiger partial charge is 0.308 e. The van der Waals surface area contributed by atoms with Crippen molar-refractivity contribution in [3.63, 3.8) is 0 Å². The van der Waals surface area contributed by atoms with E-state index in [-0.39, 0.29) is 0 Å². The van der Waals surface area contributed by atoms with Crippen LogP contribution in [0.15, 0.2) is 170 Å². The molecular formula is C50H28N4. The van der Waals surface area contributed by atoms with Gasteiger partial charge in [-0.1, -0.05) is 140 Å². The van der Waals surface area contributed by atoms with Crippen LogP contribution in [-0.2, 0) is 0 Å². The third-order valence-electron chi connectivity index (χ3n) is 11.7. The summed E-state index contributed by atoms with van der Waals surface area (Å²) in [5.41, 5.74) is 9.56. The van der Waals surface area contributed by atoms with Crippen LogP contribution in [0.5, 0.6) is 0 Å². The van der Waals surface area contributed by atoms with E-state index in [1.165, 1.54) is 70.4 Å². The van der Waals surface area contributed by atoms with Crippen LogP contribution in [-0.4, -0.2) is 18.9 Å². The van der Waals surface area contributed by atoms with Crippen molar-refractivity contribution in [3.8, 4) is 17.1 Å². The number of para-hydroxylation sites is 1. The average Bonchev–Trinajstić information content (AvgIpc) is 3.71. The molecule has 0 saturated carbocycles. The molecule has 0 saturated heterocycles. The Labute approximate surface area is 308 Å². The predicted molar refractivity (Wildman–Crippen MR) is 226 cm³/mol. The Morgan fingerprint density at radius 3 is 1.89 bits per heavy atom. The average molecular weight is 685 g/mol. The minimum Gasteiger partial charge on any atom is -0.308 e. The van der Waals surface area contributed by atoms with E-state index < -0.39 is 0 Å². The number of hydrogen-bond donors (Lipinski definition) is 0. The maximum Gasteiger partial charge on any atom is 0.165 e. The summed E-state index contributed by atoms with van der Waals surface area (Å²) in [6, 6.07) is 61.6. The van der Waals surface area contributed by atoms with E-state index in [1.54, 1.807) is 0 Å². The summed E-state index contributed by atoms with van der Waals surface area (Å²) in [7, 11) is 0. The first-order valence-corrected chi connectivity index (χ1v) is 18.5. The van der Waals surface area contributed by atoms with Gasteiger partial charge in [0.15, 0.2) is 5.82 Å². The van der Waals surface area contributed by atoms with Gasteiger partial charge in [0.25, 0.3) is 0 Å². The third-order valence-corrected chi connectivity index (χ3v) is 11.7. The highest BCUT2D eigenvalue weighted by Crippen LogP contribution is 2.48. The lowest BCUT2D eigenvalue weighted by Crippen LogP contribution is -2.04. The van der Waals surface area contributed by atoms with Crippen LogP contribution in [0.4, 0.5) is 0 Å². The Balaban J connectivity index is 1.36. The number of nitrogens with zero attached hydrogens (tertiary/aromatic N) is 4. The van der Waals surface area contributed by atoms with Gasteiger partial charge in [-0.25, -0.2) is 9.97 Å². The van der Waals surface area contributed by atoms with Gasteiger partial charge in [0.05, 0.1) is 38.6 Å². The molecule has 4 heteroatoms. The Morgan fingerprint density at radius 2 is 1.04 bits per heavy atom. The van der Waals surface area contributed by atoms with E-state index in [0.717, 1.165) is 49.9 Å². The molecule has 13 aromatic rings. The lowest BCUT2D eigenvalue weighted by Gasteiger charge is -2.16. The number of fused-ring (bicyclic) bond motifs is 12. The van der Waals surface area contributed by atoms with Gasteiger partial charge in [0, 0.05) is 43.3 Å². The highest BCUT2D eigenvalue weighted by molar-refractivity contribution is 6.38. The number of aromatic nitrogens is 4. The first-order valence-electron chi connectivity index (χ1n) is 18.5. The fourth-order valence-electron chi connectivity index (χ4n) is 9.55. The first kappa shape index (κ1) is 28.3. The second-order valence-electron chi connectivity index (χ2n) is 14.5. The quantitative estimate of drug-likeness (QED) is 0.170. The van der Waals surface area contributed by atoms with Crippen molar-refractivity contribution in [1.82, 2.24) is 18.9 Å². The van der Waals surface area contributed by atoms with Crippen molar-refractivity contribution in [2.75, 3.05) is 0 Å². The van der Waals surface area contributed by atoms with E-state index >= 15 is 0 Å². The molecule has 0 aliphatic carbocycles. The molecule has 0 spiro atoms. The van der Waals surface area contributed by atoms with Crippen LogP contribution < -0.4 is 0 Å². The molecule has 4 aromatic heterocycles. The summed E-state index contributed by atoms with van der Waals surface area (Å²) in [6.45, 7) is 0. The van der Waals surface area contributed by atoms with Gasteiger partial charge in [-0.15, -0.1) is 0 Å². The molecule has 0 N–H and O–H groups in total. The number of rotatable bonds is 2. The van der Waals surface area contributed by atoms with Gasteiger partial charge in [0.1, 0.15) is 5.69 Å². The van der Waals surface area contributed by atoms with E-state index in [1.807, 2.05) is 0 Å². The van der Waals surface area contributed by atoms with Gasteiger partial charge in [-0.2, -0.15) is 0 Å². The van der Waals surface area contributed by atoms with Gasteiger partial charge >= 0.3 is 0 Å². The van der Waals surface area contributed by atoms with Crippen molar-refractivity contribution in [1.29, 1.82) is 0 Å². The van der Waals surface area contributed by atoms with E-state index in [2.05, 4.69) is 179 Å². The molecular weight excluding hydrogens is 657 g/mol. The molecule has 0 amide bonds. The molecule has 54 heavy (non-hydrogen) atoms. The summed E-state index contributed by atoms with van der Waals surface area (Å²) in [6.07, 6.45) is 0. The van der Waals surface area contributed by atoms with E-state index in [0.29, 0.717) is 0 Å². The zero-order chi connectivity index (χ0) is 35.1. The topological polar surface area (TPSA) is 35.1 Å². The fraction of sp³-hybridized carbons (Fsp3) is 0. The van der Waals surface area contributed by atoms with Crippen molar-refractivity contribution >= 4 is 103 Å². The van der Waals surface area contributed by atoms with Crippen molar-refractivity contribution in [2.24, 2.45) is 0 Å². The molecule has 9 aromatic carbocycles. The van der Waals surface area contributed by atoms with Crippen molar-refractivity contribution in [3.05, 3.63) is 170 Å². The maximum absolute atomic E-state index is 5.70. The molecule has 0 atom stereocenters. The molecule has 0 aliphatic rings. The Kier molecular flexibility index (Phi) is 5.34. The molecule has 0 fully saturated rings. The van der Waals surface area contributed by atoms with Gasteiger partial charge in [-0.3, -0.25) is 4.57 Å². The number of benzene rings is 9. The van der Waals surface area contributed by atoms with Gasteiger partial charge < -0.3 is 4.40 Å². The van der Waals surface area contributed by atoms with Crippen LogP contribution in [0.1, 0.15) is 0 Å². The fourth-order valence-corrected chi connectivity index (χ4v) is 9.55. The van der Waals surface area contributed by atoms with Crippen LogP contribution in [0.3, 0.4) is 0 Å². The second kappa shape index (κ2) is 10.2.